The van der Waals surface area contributed by atoms with Crippen LogP contribution in [0, 0.1) is 24.1 Å². The number of hydrogen-bond acceptors (Lipinski definition) is 17. The topological polar surface area (TPSA) is 391 Å². The van der Waals surface area contributed by atoms with E-state index in [1.807, 2.05) is 135 Å². The van der Waals surface area contributed by atoms with E-state index in [1.54, 1.807) is 231 Å². The number of carboxylic acid groups (broad SMARTS) is 6. The number of aromatic nitrogens is 12. The molecule has 0 amide bonds. The smallest absolute Gasteiger partial charge is 0.335 e. The number of hydrogen-bond donors (Lipinski definition) is 6. The van der Waals surface area contributed by atoms with Gasteiger partial charge in [-0.2, -0.15) is 35.9 Å². The van der Waals surface area contributed by atoms with Crippen molar-refractivity contribution in [2.45, 2.75) is 20.2 Å². The lowest BCUT2D eigenvalue weighted by molar-refractivity contribution is 0.0686. The number of rotatable bonds is 21. The van der Waals surface area contributed by atoms with Gasteiger partial charge in [0.25, 0.3) is 0 Å². The summed E-state index contributed by atoms with van der Waals surface area (Å²) in [6.45, 7) is 3.58. The predicted octanol–water partition coefficient (Wildman–Crippen LogP) is 20.2. The maximum absolute atomic E-state index is 13.7. The molecule has 31 heteroatoms. The fraction of sp³-hybridized carbons (Fsp3) is 0.0490. The second-order valence-electron chi connectivity index (χ2n) is 29.0. The van der Waals surface area contributed by atoms with Gasteiger partial charge in [0.1, 0.15) is 23.0 Å². The second-order valence-corrected chi connectivity index (χ2v) is 29.0. The summed E-state index contributed by atoms with van der Waals surface area (Å²) in [5.41, 5.74) is 16.5. The van der Waals surface area contributed by atoms with Gasteiger partial charge in [0.15, 0.2) is 11.5 Å². The monoisotopic (exact) mass is 1780 g/mol. The largest absolute Gasteiger partial charge is 0.497 e. The third-order valence-corrected chi connectivity index (χ3v) is 20.0. The number of ether oxygens (including phenoxy) is 4. The average Bonchev–Trinajstić information content (AvgIpc) is 1.68. The molecule has 1 unspecified atom stereocenters. The Hall–Kier alpha value is -18.7. The molecule has 0 saturated carbocycles. The van der Waals surface area contributed by atoms with Crippen molar-refractivity contribution < 1.29 is 87.1 Å². The van der Waals surface area contributed by atoms with Crippen LogP contribution >= 0.6 is 0 Å². The molecule has 0 saturated heterocycles. The van der Waals surface area contributed by atoms with Gasteiger partial charge in [-0.05, 0) is 207 Å². The number of fused-ring (bicyclic) bond motifs is 1. The number of carbonyl (C=O) groups is 6. The number of halogens is 2. The summed E-state index contributed by atoms with van der Waals surface area (Å²) in [5.74, 6) is -3.54. The molecule has 133 heavy (non-hydrogen) atoms. The van der Waals surface area contributed by atoms with Crippen molar-refractivity contribution in [1.82, 2.24) is 58.7 Å². The molecule has 0 aliphatic carbocycles. The van der Waals surface area contributed by atoms with E-state index in [-0.39, 0.29) is 46.0 Å². The Morgan fingerprint density at radius 2 is 0.699 bits per heavy atom. The zero-order chi connectivity index (χ0) is 93.6. The minimum absolute atomic E-state index is 0.188. The van der Waals surface area contributed by atoms with E-state index in [1.165, 1.54) is 47.5 Å². The van der Waals surface area contributed by atoms with Crippen molar-refractivity contribution >= 4 is 35.8 Å². The van der Waals surface area contributed by atoms with Crippen LogP contribution in [0.4, 0.5) is 8.78 Å². The zero-order valence-corrected chi connectivity index (χ0v) is 70.7. The predicted molar refractivity (Wildman–Crippen MR) is 489 cm³/mol. The fourth-order valence-corrected chi connectivity index (χ4v) is 13.3. The number of nitrogens with zero attached hydrogens (tertiary/aromatic N) is 13. The second kappa shape index (κ2) is 42.0. The molecule has 7 heterocycles. The Balaban J connectivity index is 0.000000128. The first kappa shape index (κ1) is 90.5. The van der Waals surface area contributed by atoms with E-state index in [9.17, 15) is 37.5 Å². The maximum Gasteiger partial charge on any atom is 0.335 e. The number of alkyl halides is 1. The van der Waals surface area contributed by atoms with Gasteiger partial charge in [0.05, 0.1) is 115 Å². The highest BCUT2D eigenvalue weighted by atomic mass is 19.1. The molecule has 6 N–H and O–H groups in total. The summed E-state index contributed by atoms with van der Waals surface area (Å²) < 4.78 is 57.3. The molecule has 660 valence electrons. The summed E-state index contributed by atoms with van der Waals surface area (Å²) in [7, 11) is 1.62. The van der Waals surface area contributed by atoms with Gasteiger partial charge in [-0.15, -0.1) is 0 Å². The number of aromatic carboxylic acids is 6. The summed E-state index contributed by atoms with van der Waals surface area (Å²) in [6.07, 6.45) is 9.35. The molecule has 29 nitrogen and oxygen atoms in total. The fourth-order valence-electron chi connectivity index (χ4n) is 13.3. The van der Waals surface area contributed by atoms with E-state index in [0.29, 0.717) is 51.1 Å². The highest BCUT2D eigenvalue weighted by Crippen LogP contribution is 2.35. The van der Waals surface area contributed by atoms with Gasteiger partial charge >= 0.3 is 35.8 Å². The molecular weight excluding hydrogens is 1700 g/mol. The van der Waals surface area contributed by atoms with Gasteiger partial charge in [0, 0.05) is 89.6 Å². The minimum atomic E-state index is -1.37. The Morgan fingerprint density at radius 1 is 0.346 bits per heavy atom. The van der Waals surface area contributed by atoms with E-state index in [2.05, 4.69) is 36.7 Å². The van der Waals surface area contributed by atoms with Gasteiger partial charge in [-0.25, -0.2) is 65.6 Å². The van der Waals surface area contributed by atoms with Crippen molar-refractivity contribution in [2.24, 2.45) is 0 Å². The zero-order valence-electron chi connectivity index (χ0n) is 70.7. The van der Waals surface area contributed by atoms with Gasteiger partial charge in [0.2, 0.25) is 13.2 Å². The van der Waals surface area contributed by atoms with Crippen LogP contribution in [0.3, 0.4) is 0 Å². The Labute approximate surface area is 756 Å². The van der Waals surface area contributed by atoms with Crippen molar-refractivity contribution in [3.8, 4) is 131 Å². The Morgan fingerprint density at radius 3 is 1.13 bits per heavy atom. The Kier molecular flexibility index (Phi) is 28.6. The number of carboxylic acids is 6. The molecule has 12 aromatic carbocycles. The number of nitriles is 1. The normalized spacial score (nSPS) is 11.0. The molecule has 18 aromatic rings. The molecular formula is C102H77F2N13O16. The first-order valence-electron chi connectivity index (χ1n) is 40.5. The van der Waals surface area contributed by atoms with E-state index in [4.69, 9.17) is 54.8 Å². The van der Waals surface area contributed by atoms with Crippen molar-refractivity contribution in [3.05, 3.63) is 409 Å². The minimum Gasteiger partial charge on any atom is -0.497 e. The molecule has 1 atom stereocenters. The molecule has 0 fully saturated rings. The first-order valence-corrected chi connectivity index (χ1v) is 40.5. The lowest BCUT2D eigenvalue weighted by Crippen LogP contribution is -2.03. The maximum atomic E-state index is 13.7. The SMILES string of the molecule is CC(F)Oc1ccc(-n2ccc(-c3cccc(C(=O)O)c3)n2)cc1.COc1cccc(-n2ccc(-c3ccc(C(=O)O)cc3)n2)c1.Cc1ccc(-n2ccc(-c3cccc(C(=O)O)c3)n2)cc1.N#Cc1cccc(-c2ccn(-c3cccc(C(=O)O)c3)n2)c1.O=C(O)c1cccc(-c2ccn(-c3ccc4c(c3)OCO4)n2)c1.O=C(O)c1cccc(-c2ccn(-c3ccccc3F)n2)c1. The summed E-state index contributed by atoms with van der Waals surface area (Å²) in [6, 6.07) is 94.4. The van der Waals surface area contributed by atoms with Gasteiger partial charge < -0.3 is 49.6 Å². The number of benzene rings is 12. The molecule has 0 radical (unpaired) electrons. The quantitative estimate of drug-likeness (QED) is 0.0389. The van der Waals surface area contributed by atoms with E-state index >= 15 is 0 Å². The van der Waals surface area contributed by atoms with Crippen molar-refractivity contribution in [1.29, 1.82) is 5.26 Å². The van der Waals surface area contributed by atoms with Crippen molar-refractivity contribution in [2.75, 3.05) is 13.9 Å². The van der Waals surface area contributed by atoms with Crippen LogP contribution in [0.25, 0.3) is 102 Å². The van der Waals surface area contributed by atoms with Crippen LogP contribution in [0.5, 0.6) is 23.0 Å². The summed E-state index contributed by atoms with van der Waals surface area (Å²) in [5, 5.41) is 89.8. The van der Waals surface area contributed by atoms with Gasteiger partial charge in [-0.1, -0.05) is 115 Å². The number of aryl methyl sites for hydroxylation is 1. The summed E-state index contributed by atoms with van der Waals surface area (Å²) in [4.78, 5) is 66.0. The lowest BCUT2D eigenvalue weighted by atomic mass is 10.1. The molecule has 1 aliphatic rings. The Bertz CT molecular complexity index is 7280. The molecule has 1 aliphatic heterocycles. The molecule has 19 rings (SSSR count). The van der Waals surface area contributed by atoms with E-state index in [0.717, 1.165) is 79.1 Å². The number of para-hydroxylation sites is 1. The lowest BCUT2D eigenvalue weighted by Gasteiger charge is -2.07. The van der Waals surface area contributed by atoms with Crippen LogP contribution in [-0.2, 0) is 0 Å². The number of methoxy groups -OCH3 is 1. The van der Waals surface area contributed by atoms with Crippen LogP contribution in [0.2, 0.25) is 0 Å². The molecule has 0 spiro atoms. The highest BCUT2D eigenvalue weighted by molar-refractivity contribution is 5.92. The third kappa shape index (κ3) is 23.3. The van der Waals surface area contributed by atoms with E-state index < -0.39 is 42.2 Å². The average molecular weight is 1780 g/mol. The standard InChI is InChI=1S/C18H15FN2O3.C17H11N3O2.C17H12N2O4.C17H14N2O3.C17H14N2O2.C16H11FN2O2/c1-12(19)24-16-7-5-15(6-8-16)21-10-9-17(20-21)13-3-2-4-14(11-13)18(22)23;18-11-12-3-1-4-13(9-12)16-7-8-20(19-16)15-6-2-5-14(10-15)17(21)22;20-17(21)12-3-1-2-11(8-12)14-6-7-19(18-14)13-4-5-15-16(9-13)23-10-22-15;1-22-15-4-2-3-14(11-15)19-10-9-16(18-19)12-5-7-13(8-6-12)17(20)21;1-12-5-7-15(8-6-12)19-10-9-16(18-19)13-3-2-4-14(11-13)17(20)21;17-13-6-1-2-7-15(13)19-9-8-14(18-19)11-4-3-5-12(10-11)16(20)21/h2-12H,1H3,(H,22,23);1-10H,(H,21,22);1-9H,10H2,(H,20,21);2-11H,1H3,(H,20,21);2-11H,1H3,(H,20,21);1-10H,(H,20,21). The highest BCUT2D eigenvalue weighted by Gasteiger charge is 2.19. The third-order valence-electron chi connectivity index (χ3n) is 20.0. The molecule has 6 aromatic heterocycles. The summed E-state index contributed by atoms with van der Waals surface area (Å²) >= 11 is 0. The van der Waals surface area contributed by atoms with Crippen LogP contribution < -0.4 is 18.9 Å². The van der Waals surface area contributed by atoms with Crippen LogP contribution in [0.15, 0.2) is 359 Å². The van der Waals surface area contributed by atoms with Crippen molar-refractivity contribution in [3.63, 3.8) is 0 Å². The van der Waals surface area contributed by atoms with Crippen LogP contribution in [-0.4, -0.2) is 145 Å². The van der Waals surface area contributed by atoms with Crippen LogP contribution in [0.1, 0.15) is 80.2 Å². The molecule has 0 bridgehead atoms. The first-order chi connectivity index (χ1) is 64.3. The van der Waals surface area contributed by atoms with Gasteiger partial charge in [-0.3, -0.25) is 0 Å².